The number of carbonyl (C=O) groups excluding carboxylic acids is 1. The molecular weight excluding hydrogens is 460 g/mol. The van der Waals surface area contributed by atoms with Gasteiger partial charge in [0.25, 0.3) is 0 Å². The summed E-state index contributed by atoms with van der Waals surface area (Å²) in [6, 6.07) is 36.1. The van der Waals surface area contributed by atoms with Crippen molar-refractivity contribution in [2.45, 2.75) is 45.6 Å². The van der Waals surface area contributed by atoms with Gasteiger partial charge in [-0.25, -0.2) is 4.79 Å². The molecule has 1 fully saturated rings. The Hall–Kier alpha value is -3.96. The Balaban J connectivity index is 1.48. The first-order chi connectivity index (χ1) is 17.8. The highest BCUT2D eigenvalue weighted by Gasteiger charge is 2.54. The number of aromatic nitrogens is 1. The summed E-state index contributed by atoms with van der Waals surface area (Å²) in [7, 11) is 0. The number of benzene rings is 3. The molecule has 1 aliphatic rings. The lowest BCUT2D eigenvalue weighted by Gasteiger charge is -2.29. The lowest BCUT2D eigenvalue weighted by molar-refractivity contribution is -0.156. The van der Waals surface area contributed by atoms with Crippen LogP contribution in [-0.2, 0) is 32.8 Å². The number of anilines is 2. The van der Waals surface area contributed by atoms with Gasteiger partial charge in [-0.15, -0.1) is 0 Å². The molecule has 0 aliphatic carbocycles. The molecule has 0 radical (unpaired) electrons. The predicted molar refractivity (Wildman–Crippen MR) is 145 cm³/mol. The zero-order chi connectivity index (χ0) is 25.9. The maximum atomic E-state index is 13.4. The SMILES string of the molecule is CC(C)(C)[C@@H]1OC(=O)[C@](Cc2cccc(CN(c3ccccc3)c3ccccc3)n2)(c2ccccc2)O1. The van der Waals surface area contributed by atoms with Crippen molar-refractivity contribution in [2.75, 3.05) is 4.90 Å². The first-order valence-corrected chi connectivity index (χ1v) is 12.6. The van der Waals surface area contributed by atoms with E-state index in [4.69, 9.17) is 14.5 Å². The van der Waals surface area contributed by atoms with Gasteiger partial charge in [-0.2, -0.15) is 0 Å². The summed E-state index contributed by atoms with van der Waals surface area (Å²) in [5.41, 5.74) is 3.00. The number of nitrogens with zero attached hydrogens (tertiary/aromatic N) is 2. The molecule has 0 spiro atoms. The van der Waals surface area contributed by atoms with Crippen LogP contribution in [0.4, 0.5) is 11.4 Å². The molecule has 4 aromatic rings. The second-order valence-corrected chi connectivity index (χ2v) is 10.5. The molecule has 3 aromatic carbocycles. The quantitative estimate of drug-likeness (QED) is 0.266. The minimum atomic E-state index is -1.25. The minimum absolute atomic E-state index is 0.285. The summed E-state index contributed by atoms with van der Waals surface area (Å²) in [5.74, 6) is -0.374. The number of pyridine rings is 1. The molecule has 1 aromatic heterocycles. The standard InChI is InChI=1S/C32H32N2O3/c1-31(2,3)30-36-29(35)32(37-30,24-14-7-4-8-15-24)22-25-16-13-17-26(33-25)23-34(27-18-9-5-10-19-27)28-20-11-6-12-21-28/h4-21,30H,22-23H2,1-3H3/t30-,32+/m1/s1. The van der Waals surface area contributed by atoms with E-state index in [-0.39, 0.29) is 17.8 Å². The Morgan fingerprint density at radius 1 is 0.757 bits per heavy atom. The third kappa shape index (κ3) is 5.27. The highest BCUT2D eigenvalue weighted by molar-refractivity contribution is 5.83. The molecule has 5 heteroatoms. The van der Waals surface area contributed by atoms with Crippen LogP contribution in [0.3, 0.4) is 0 Å². The van der Waals surface area contributed by atoms with Gasteiger partial charge in [-0.1, -0.05) is 93.6 Å². The van der Waals surface area contributed by atoms with E-state index in [1.54, 1.807) is 0 Å². The third-order valence-electron chi connectivity index (χ3n) is 6.55. The van der Waals surface area contributed by atoms with Gasteiger partial charge in [0.05, 0.1) is 12.2 Å². The molecule has 0 unspecified atom stereocenters. The summed E-state index contributed by atoms with van der Waals surface area (Å²) in [6.07, 6.45) is -0.359. The van der Waals surface area contributed by atoms with Crippen LogP contribution in [0.15, 0.2) is 109 Å². The van der Waals surface area contributed by atoms with E-state index in [1.165, 1.54) is 0 Å². The lowest BCUT2D eigenvalue weighted by Crippen LogP contribution is -2.37. The summed E-state index contributed by atoms with van der Waals surface area (Å²) >= 11 is 0. The number of hydrogen-bond acceptors (Lipinski definition) is 5. The second-order valence-electron chi connectivity index (χ2n) is 10.5. The largest absolute Gasteiger partial charge is 0.433 e. The average molecular weight is 493 g/mol. The van der Waals surface area contributed by atoms with E-state index in [1.807, 2.05) is 106 Å². The number of carbonyl (C=O) groups is 1. The maximum absolute atomic E-state index is 13.4. The highest BCUT2D eigenvalue weighted by Crippen LogP contribution is 2.42. The Bertz CT molecular complexity index is 1300. The number of esters is 1. The van der Waals surface area contributed by atoms with Crippen molar-refractivity contribution >= 4 is 17.3 Å². The van der Waals surface area contributed by atoms with Crippen LogP contribution < -0.4 is 4.90 Å². The molecule has 0 bridgehead atoms. The summed E-state index contributed by atoms with van der Waals surface area (Å²) in [4.78, 5) is 20.6. The maximum Gasteiger partial charge on any atom is 0.346 e. The molecule has 5 nitrogen and oxygen atoms in total. The fourth-order valence-electron chi connectivity index (χ4n) is 4.59. The van der Waals surface area contributed by atoms with Crippen LogP contribution in [0.2, 0.25) is 0 Å². The molecule has 2 atom stereocenters. The van der Waals surface area contributed by atoms with E-state index in [9.17, 15) is 4.79 Å². The monoisotopic (exact) mass is 492 g/mol. The van der Waals surface area contributed by atoms with Crippen molar-refractivity contribution in [3.8, 4) is 0 Å². The lowest BCUT2D eigenvalue weighted by atomic mass is 9.88. The Morgan fingerprint density at radius 3 is 1.84 bits per heavy atom. The molecule has 0 saturated carbocycles. The third-order valence-corrected chi connectivity index (χ3v) is 6.55. The average Bonchev–Trinajstić information content (AvgIpc) is 3.26. The van der Waals surface area contributed by atoms with Crippen molar-refractivity contribution in [3.05, 3.63) is 126 Å². The Labute approximate surface area is 218 Å². The zero-order valence-corrected chi connectivity index (χ0v) is 21.5. The molecule has 1 saturated heterocycles. The van der Waals surface area contributed by atoms with Gasteiger partial charge in [0.2, 0.25) is 6.29 Å². The summed E-state index contributed by atoms with van der Waals surface area (Å²) < 4.78 is 12.2. The van der Waals surface area contributed by atoms with Crippen molar-refractivity contribution < 1.29 is 14.3 Å². The number of para-hydroxylation sites is 2. The van der Waals surface area contributed by atoms with E-state index in [0.717, 1.165) is 28.3 Å². The van der Waals surface area contributed by atoms with Crippen molar-refractivity contribution in [1.82, 2.24) is 4.98 Å². The van der Waals surface area contributed by atoms with E-state index in [0.29, 0.717) is 6.54 Å². The van der Waals surface area contributed by atoms with Crippen molar-refractivity contribution in [3.63, 3.8) is 0 Å². The first kappa shape index (κ1) is 24.7. The number of ether oxygens (including phenoxy) is 2. The van der Waals surface area contributed by atoms with Gasteiger partial charge in [0, 0.05) is 28.9 Å². The fraction of sp³-hybridized carbons (Fsp3) is 0.250. The fourth-order valence-corrected chi connectivity index (χ4v) is 4.59. The molecule has 2 heterocycles. The molecule has 1 aliphatic heterocycles. The van der Waals surface area contributed by atoms with Crippen LogP contribution in [0.5, 0.6) is 0 Å². The number of rotatable bonds is 7. The topological polar surface area (TPSA) is 51.7 Å². The normalized spacial score (nSPS) is 19.4. The van der Waals surface area contributed by atoms with Gasteiger partial charge >= 0.3 is 5.97 Å². The van der Waals surface area contributed by atoms with Crippen LogP contribution >= 0.6 is 0 Å². The molecule has 37 heavy (non-hydrogen) atoms. The van der Waals surface area contributed by atoms with Gasteiger partial charge in [0.1, 0.15) is 0 Å². The minimum Gasteiger partial charge on any atom is -0.433 e. The first-order valence-electron chi connectivity index (χ1n) is 12.6. The Morgan fingerprint density at radius 2 is 1.30 bits per heavy atom. The molecule has 188 valence electrons. The van der Waals surface area contributed by atoms with E-state index in [2.05, 4.69) is 29.2 Å². The molecule has 0 amide bonds. The van der Waals surface area contributed by atoms with Crippen LogP contribution in [0, 0.1) is 5.41 Å². The number of hydrogen-bond donors (Lipinski definition) is 0. The van der Waals surface area contributed by atoms with Crippen molar-refractivity contribution in [2.24, 2.45) is 5.41 Å². The summed E-state index contributed by atoms with van der Waals surface area (Å²) in [6.45, 7) is 6.60. The van der Waals surface area contributed by atoms with Crippen LogP contribution in [0.25, 0.3) is 0 Å². The van der Waals surface area contributed by atoms with Gasteiger partial charge in [0.15, 0.2) is 5.60 Å². The van der Waals surface area contributed by atoms with Crippen LogP contribution in [0.1, 0.15) is 37.7 Å². The van der Waals surface area contributed by atoms with E-state index >= 15 is 0 Å². The van der Waals surface area contributed by atoms with Crippen LogP contribution in [-0.4, -0.2) is 17.2 Å². The summed E-state index contributed by atoms with van der Waals surface area (Å²) in [5, 5.41) is 0. The molecular formula is C32H32N2O3. The van der Waals surface area contributed by atoms with Crippen molar-refractivity contribution in [1.29, 1.82) is 0 Å². The smallest absolute Gasteiger partial charge is 0.346 e. The van der Waals surface area contributed by atoms with E-state index < -0.39 is 11.9 Å². The Kier molecular flexibility index (Phi) is 6.81. The van der Waals surface area contributed by atoms with Gasteiger partial charge in [-0.05, 0) is 42.0 Å². The second kappa shape index (κ2) is 10.2. The molecule has 0 N–H and O–H groups in total. The highest BCUT2D eigenvalue weighted by atomic mass is 16.8. The van der Waals surface area contributed by atoms with Gasteiger partial charge < -0.3 is 14.4 Å². The number of cyclic esters (lactones) is 1. The van der Waals surface area contributed by atoms with Gasteiger partial charge in [-0.3, -0.25) is 4.98 Å². The zero-order valence-electron chi connectivity index (χ0n) is 21.5. The predicted octanol–water partition coefficient (Wildman–Crippen LogP) is 6.80. The molecule has 5 rings (SSSR count).